The molecule has 1 rings (SSSR count). The van der Waals surface area contributed by atoms with E-state index in [1.807, 2.05) is 20.8 Å². The maximum Gasteiger partial charge on any atom is 0.246 e. The monoisotopic (exact) mass is 225 g/mol. The molecule has 0 aromatic carbocycles. The molecule has 92 valence electrons. The highest BCUT2D eigenvalue weighted by Crippen LogP contribution is 2.19. The van der Waals surface area contributed by atoms with Crippen LogP contribution < -0.4 is 5.32 Å². The average molecular weight is 225 g/mol. The van der Waals surface area contributed by atoms with Gasteiger partial charge >= 0.3 is 0 Å². The molecule has 3 heteroatoms. The lowest BCUT2D eigenvalue weighted by Crippen LogP contribution is -2.32. The van der Waals surface area contributed by atoms with E-state index in [1.54, 1.807) is 0 Å². The number of rotatable bonds is 5. The molecule has 1 N–H and O–H groups in total. The zero-order valence-corrected chi connectivity index (χ0v) is 10.6. The second-order valence-electron chi connectivity index (χ2n) is 5.26. The minimum atomic E-state index is -0.245. The lowest BCUT2D eigenvalue weighted by atomic mass is 10.2. The third-order valence-corrected chi connectivity index (χ3v) is 2.54. The van der Waals surface area contributed by atoms with Crippen LogP contribution in [0.25, 0.3) is 0 Å². The van der Waals surface area contributed by atoms with Crippen molar-refractivity contribution in [3.63, 3.8) is 0 Å². The summed E-state index contributed by atoms with van der Waals surface area (Å²) >= 11 is 0. The molecule has 16 heavy (non-hydrogen) atoms. The quantitative estimate of drug-likeness (QED) is 0.730. The molecule has 0 fully saturated rings. The molecule has 0 aromatic rings. The molecule has 0 spiro atoms. The van der Waals surface area contributed by atoms with E-state index in [9.17, 15) is 4.79 Å². The van der Waals surface area contributed by atoms with Crippen LogP contribution in [0, 0.1) is 0 Å². The maximum atomic E-state index is 11.4. The Morgan fingerprint density at radius 2 is 2.25 bits per heavy atom. The van der Waals surface area contributed by atoms with Gasteiger partial charge in [0.15, 0.2) is 0 Å². The molecule has 0 heterocycles. The molecule has 0 radical (unpaired) electrons. The molecule has 1 amide bonds. The van der Waals surface area contributed by atoms with Gasteiger partial charge in [0.05, 0.1) is 5.60 Å². The van der Waals surface area contributed by atoms with E-state index >= 15 is 0 Å². The molecule has 0 saturated carbocycles. The van der Waals surface area contributed by atoms with E-state index in [0.717, 1.165) is 13.0 Å². The van der Waals surface area contributed by atoms with E-state index in [-0.39, 0.29) is 18.1 Å². The summed E-state index contributed by atoms with van der Waals surface area (Å²) in [6.07, 6.45) is 6.96. The molecule has 1 aliphatic rings. The SMILES string of the molecule is CC(C)(C)OCC(=O)NCCC1=CCCC1. The van der Waals surface area contributed by atoms with Gasteiger partial charge in [0, 0.05) is 6.54 Å². The van der Waals surface area contributed by atoms with Crippen LogP contribution in [-0.2, 0) is 9.53 Å². The van der Waals surface area contributed by atoms with Crippen LogP contribution in [0.4, 0.5) is 0 Å². The molecule has 0 atom stereocenters. The molecule has 1 aliphatic carbocycles. The predicted molar refractivity (Wildman–Crippen MR) is 65.3 cm³/mol. The standard InChI is InChI=1S/C13H23NO2/c1-13(2,3)16-10-12(15)14-9-8-11-6-4-5-7-11/h6H,4-5,7-10H2,1-3H3,(H,14,15). The number of amides is 1. The highest BCUT2D eigenvalue weighted by molar-refractivity contribution is 5.77. The minimum Gasteiger partial charge on any atom is -0.366 e. The van der Waals surface area contributed by atoms with Crippen LogP contribution in [0.3, 0.4) is 0 Å². The first-order valence-corrected chi connectivity index (χ1v) is 6.06. The van der Waals surface area contributed by atoms with Gasteiger partial charge in [-0.25, -0.2) is 0 Å². The van der Waals surface area contributed by atoms with Crippen LogP contribution in [0.5, 0.6) is 0 Å². The van der Waals surface area contributed by atoms with Crippen molar-refractivity contribution < 1.29 is 9.53 Å². The summed E-state index contributed by atoms with van der Waals surface area (Å²) in [7, 11) is 0. The maximum absolute atomic E-state index is 11.4. The average Bonchev–Trinajstić information content (AvgIpc) is 2.66. The summed E-state index contributed by atoms with van der Waals surface area (Å²) in [6, 6.07) is 0. The van der Waals surface area contributed by atoms with Gasteiger partial charge < -0.3 is 10.1 Å². The van der Waals surface area contributed by atoms with E-state index in [4.69, 9.17) is 4.74 Å². The predicted octanol–water partition coefficient (Wildman–Crippen LogP) is 2.42. The Labute approximate surface area is 98.2 Å². The minimum absolute atomic E-state index is 0.0199. The van der Waals surface area contributed by atoms with Gasteiger partial charge in [-0.15, -0.1) is 0 Å². The van der Waals surface area contributed by atoms with Crippen molar-refractivity contribution in [3.8, 4) is 0 Å². The molecule has 0 bridgehead atoms. The van der Waals surface area contributed by atoms with Gasteiger partial charge in [0.1, 0.15) is 6.61 Å². The summed E-state index contributed by atoms with van der Waals surface area (Å²) < 4.78 is 5.39. The zero-order chi connectivity index (χ0) is 12.0. The van der Waals surface area contributed by atoms with E-state index in [0.29, 0.717) is 0 Å². The molecule has 3 nitrogen and oxygen atoms in total. The van der Waals surface area contributed by atoms with Crippen molar-refractivity contribution in [2.75, 3.05) is 13.2 Å². The molecule has 0 unspecified atom stereocenters. The van der Waals surface area contributed by atoms with E-state index < -0.39 is 0 Å². The Balaban J connectivity index is 2.06. The topological polar surface area (TPSA) is 38.3 Å². The Morgan fingerprint density at radius 3 is 2.81 bits per heavy atom. The van der Waals surface area contributed by atoms with Crippen molar-refractivity contribution in [1.82, 2.24) is 5.32 Å². The Bertz CT molecular complexity index is 264. The van der Waals surface area contributed by atoms with Crippen molar-refractivity contribution in [2.24, 2.45) is 0 Å². The summed E-state index contributed by atoms with van der Waals surface area (Å²) in [4.78, 5) is 11.4. The van der Waals surface area contributed by atoms with Gasteiger partial charge in [-0.2, -0.15) is 0 Å². The van der Waals surface area contributed by atoms with Crippen molar-refractivity contribution >= 4 is 5.91 Å². The first-order chi connectivity index (χ1) is 7.47. The largest absolute Gasteiger partial charge is 0.366 e. The third-order valence-electron chi connectivity index (χ3n) is 2.54. The number of ether oxygens (including phenoxy) is 1. The molecule has 0 aromatic heterocycles. The molecule has 0 aliphatic heterocycles. The van der Waals surface area contributed by atoms with Crippen LogP contribution in [0.2, 0.25) is 0 Å². The lowest BCUT2D eigenvalue weighted by Gasteiger charge is -2.19. The first-order valence-electron chi connectivity index (χ1n) is 6.06. The van der Waals surface area contributed by atoms with Crippen LogP contribution in [0.15, 0.2) is 11.6 Å². The molecule has 0 saturated heterocycles. The Hall–Kier alpha value is -0.830. The van der Waals surface area contributed by atoms with E-state index in [2.05, 4.69) is 11.4 Å². The number of nitrogens with one attached hydrogen (secondary N) is 1. The number of hydrogen-bond donors (Lipinski definition) is 1. The highest BCUT2D eigenvalue weighted by atomic mass is 16.5. The van der Waals surface area contributed by atoms with Gasteiger partial charge in [0.25, 0.3) is 0 Å². The van der Waals surface area contributed by atoms with Crippen molar-refractivity contribution in [2.45, 2.75) is 52.1 Å². The zero-order valence-electron chi connectivity index (χ0n) is 10.6. The molecular weight excluding hydrogens is 202 g/mol. The summed E-state index contributed by atoms with van der Waals surface area (Å²) in [6.45, 7) is 6.73. The van der Waals surface area contributed by atoms with Crippen LogP contribution in [-0.4, -0.2) is 24.7 Å². The molecular formula is C13H23NO2. The van der Waals surface area contributed by atoms with Gasteiger partial charge in [-0.3, -0.25) is 4.79 Å². The van der Waals surface area contributed by atoms with Crippen molar-refractivity contribution in [3.05, 3.63) is 11.6 Å². The first kappa shape index (κ1) is 13.2. The second kappa shape index (κ2) is 6.04. The fourth-order valence-electron chi connectivity index (χ4n) is 1.66. The van der Waals surface area contributed by atoms with Gasteiger partial charge in [-0.1, -0.05) is 11.6 Å². The van der Waals surface area contributed by atoms with Crippen LogP contribution >= 0.6 is 0 Å². The van der Waals surface area contributed by atoms with Crippen molar-refractivity contribution in [1.29, 1.82) is 0 Å². The number of hydrogen-bond acceptors (Lipinski definition) is 2. The van der Waals surface area contributed by atoms with Crippen LogP contribution in [0.1, 0.15) is 46.5 Å². The third kappa shape index (κ3) is 5.91. The van der Waals surface area contributed by atoms with Gasteiger partial charge in [-0.05, 0) is 46.5 Å². The summed E-state index contributed by atoms with van der Waals surface area (Å²) in [5.74, 6) is -0.0199. The van der Waals surface area contributed by atoms with E-state index in [1.165, 1.54) is 24.8 Å². The number of allylic oxidation sites excluding steroid dienone is 1. The normalized spacial score (nSPS) is 16.1. The number of carbonyl (C=O) groups is 1. The second-order valence-corrected chi connectivity index (χ2v) is 5.26. The Morgan fingerprint density at radius 1 is 1.50 bits per heavy atom. The smallest absolute Gasteiger partial charge is 0.246 e. The fourth-order valence-corrected chi connectivity index (χ4v) is 1.66. The Kier molecular flexibility index (Phi) is 5.00. The van der Waals surface area contributed by atoms with Gasteiger partial charge in [0.2, 0.25) is 5.91 Å². The number of carbonyl (C=O) groups excluding carboxylic acids is 1. The summed E-state index contributed by atoms with van der Waals surface area (Å²) in [5, 5.41) is 2.88. The highest BCUT2D eigenvalue weighted by Gasteiger charge is 2.12. The lowest BCUT2D eigenvalue weighted by molar-refractivity contribution is -0.130. The fraction of sp³-hybridized carbons (Fsp3) is 0.769. The summed E-state index contributed by atoms with van der Waals surface area (Å²) in [5.41, 5.74) is 1.24.